The first kappa shape index (κ1) is 15.6. The van der Waals surface area contributed by atoms with Crippen LogP contribution in [0, 0.1) is 0 Å². The molecular formula is C17H18N2O3. The van der Waals surface area contributed by atoms with Crippen molar-refractivity contribution in [2.45, 2.75) is 0 Å². The number of esters is 1. The maximum Gasteiger partial charge on any atom is 0.338 e. The Labute approximate surface area is 129 Å². The van der Waals surface area contributed by atoms with Gasteiger partial charge in [-0.3, -0.25) is 4.79 Å². The Morgan fingerprint density at radius 3 is 2.32 bits per heavy atom. The van der Waals surface area contributed by atoms with E-state index in [1.165, 1.54) is 7.11 Å². The van der Waals surface area contributed by atoms with Gasteiger partial charge in [0.2, 0.25) is 0 Å². The fourth-order valence-corrected chi connectivity index (χ4v) is 2.03. The van der Waals surface area contributed by atoms with Crippen LogP contribution in [-0.4, -0.2) is 33.1 Å². The van der Waals surface area contributed by atoms with E-state index in [1.807, 2.05) is 37.2 Å². The molecule has 5 heteroatoms. The summed E-state index contributed by atoms with van der Waals surface area (Å²) < 4.78 is 4.70. The molecular weight excluding hydrogens is 280 g/mol. The van der Waals surface area contributed by atoms with Crippen molar-refractivity contribution in [3.05, 3.63) is 59.7 Å². The quantitative estimate of drug-likeness (QED) is 0.882. The molecule has 0 unspecified atom stereocenters. The highest BCUT2D eigenvalue weighted by molar-refractivity contribution is 6.11. The lowest BCUT2D eigenvalue weighted by Crippen LogP contribution is -2.17. The second kappa shape index (κ2) is 6.76. The largest absolute Gasteiger partial charge is 0.465 e. The molecule has 0 aromatic heterocycles. The third-order valence-electron chi connectivity index (χ3n) is 3.20. The highest BCUT2D eigenvalue weighted by Gasteiger charge is 2.17. The Morgan fingerprint density at radius 2 is 1.68 bits per heavy atom. The van der Waals surface area contributed by atoms with Crippen LogP contribution in [0.2, 0.25) is 0 Å². The van der Waals surface area contributed by atoms with Crippen LogP contribution in [0.15, 0.2) is 48.5 Å². The topological polar surface area (TPSA) is 58.6 Å². The summed E-state index contributed by atoms with van der Waals surface area (Å²) in [6.45, 7) is 0. The molecule has 2 aromatic rings. The fourth-order valence-electron chi connectivity index (χ4n) is 2.03. The molecule has 1 amide bonds. The lowest BCUT2D eigenvalue weighted by Gasteiger charge is -2.14. The van der Waals surface area contributed by atoms with Crippen molar-refractivity contribution in [1.29, 1.82) is 0 Å². The number of hydrogen-bond acceptors (Lipinski definition) is 4. The normalized spacial score (nSPS) is 9.95. The highest BCUT2D eigenvalue weighted by atomic mass is 16.5. The van der Waals surface area contributed by atoms with Crippen LogP contribution >= 0.6 is 0 Å². The maximum absolute atomic E-state index is 12.4. The third kappa shape index (κ3) is 3.44. The standard InChI is InChI=1S/C17H18N2O3/c1-19(2)13-8-6-7-12(11-13)18-16(20)14-9-4-5-10-15(14)17(21)22-3/h4-11H,1-3H3,(H,18,20). The van der Waals surface area contributed by atoms with Gasteiger partial charge < -0.3 is 15.0 Å². The summed E-state index contributed by atoms with van der Waals surface area (Å²) in [6.07, 6.45) is 0. The molecule has 0 atom stereocenters. The summed E-state index contributed by atoms with van der Waals surface area (Å²) in [7, 11) is 5.14. The van der Waals surface area contributed by atoms with Crippen molar-refractivity contribution in [3.63, 3.8) is 0 Å². The summed E-state index contributed by atoms with van der Waals surface area (Å²) in [5, 5.41) is 2.80. The van der Waals surface area contributed by atoms with Gasteiger partial charge in [-0.15, -0.1) is 0 Å². The van der Waals surface area contributed by atoms with Crippen molar-refractivity contribution in [2.24, 2.45) is 0 Å². The maximum atomic E-state index is 12.4. The van der Waals surface area contributed by atoms with Crippen LogP contribution in [-0.2, 0) is 4.74 Å². The fraction of sp³-hybridized carbons (Fsp3) is 0.176. The summed E-state index contributed by atoms with van der Waals surface area (Å²) in [6, 6.07) is 14.0. The number of methoxy groups -OCH3 is 1. The van der Waals surface area contributed by atoms with Crippen molar-refractivity contribution in [3.8, 4) is 0 Å². The average Bonchev–Trinajstić information content (AvgIpc) is 2.54. The molecule has 0 fully saturated rings. The van der Waals surface area contributed by atoms with Crippen molar-refractivity contribution in [2.75, 3.05) is 31.4 Å². The van der Waals surface area contributed by atoms with Crippen LogP contribution in [0.3, 0.4) is 0 Å². The van der Waals surface area contributed by atoms with E-state index < -0.39 is 5.97 Å². The molecule has 2 rings (SSSR count). The minimum absolute atomic E-state index is 0.242. The minimum atomic E-state index is -0.534. The smallest absolute Gasteiger partial charge is 0.338 e. The molecule has 0 aliphatic heterocycles. The number of ether oxygens (including phenoxy) is 1. The number of nitrogens with one attached hydrogen (secondary N) is 1. The Balaban J connectivity index is 2.27. The minimum Gasteiger partial charge on any atom is -0.465 e. The van der Waals surface area contributed by atoms with E-state index in [1.54, 1.807) is 30.3 Å². The molecule has 22 heavy (non-hydrogen) atoms. The van der Waals surface area contributed by atoms with Crippen molar-refractivity contribution >= 4 is 23.3 Å². The Bertz CT molecular complexity index is 696. The second-order valence-electron chi connectivity index (χ2n) is 4.94. The second-order valence-corrected chi connectivity index (χ2v) is 4.94. The van der Waals surface area contributed by atoms with Crippen molar-refractivity contribution < 1.29 is 14.3 Å². The number of nitrogens with zero attached hydrogens (tertiary/aromatic N) is 1. The molecule has 0 heterocycles. The molecule has 0 aliphatic carbocycles. The van der Waals surface area contributed by atoms with Gasteiger partial charge in [-0.25, -0.2) is 4.79 Å². The Morgan fingerprint density at radius 1 is 1.00 bits per heavy atom. The Kier molecular flexibility index (Phi) is 4.78. The molecule has 0 spiro atoms. The van der Waals surface area contributed by atoms with Gasteiger partial charge in [-0.05, 0) is 30.3 Å². The molecule has 0 radical (unpaired) electrons. The number of carbonyl (C=O) groups is 2. The van der Waals surface area contributed by atoms with Gasteiger partial charge >= 0.3 is 5.97 Å². The predicted octanol–water partition coefficient (Wildman–Crippen LogP) is 2.79. The number of anilines is 2. The molecule has 1 N–H and O–H groups in total. The van der Waals surface area contributed by atoms with E-state index in [4.69, 9.17) is 4.74 Å². The monoisotopic (exact) mass is 298 g/mol. The van der Waals surface area contributed by atoms with Gasteiger partial charge in [0.25, 0.3) is 5.91 Å². The SMILES string of the molecule is COC(=O)c1ccccc1C(=O)Nc1cccc(N(C)C)c1. The first-order valence-electron chi connectivity index (χ1n) is 6.79. The number of benzene rings is 2. The Hall–Kier alpha value is -2.82. The summed E-state index contributed by atoms with van der Waals surface area (Å²) in [5.74, 6) is -0.885. The lowest BCUT2D eigenvalue weighted by atomic mass is 10.1. The first-order valence-corrected chi connectivity index (χ1v) is 6.79. The predicted molar refractivity (Wildman–Crippen MR) is 86.5 cm³/mol. The van der Waals surface area contributed by atoms with Crippen LogP contribution in [0.25, 0.3) is 0 Å². The zero-order chi connectivity index (χ0) is 16.1. The highest BCUT2D eigenvalue weighted by Crippen LogP contribution is 2.19. The first-order chi connectivity index (χ1) is 10.5. The van der Waals surface area contributed by atoms with Gasteiger partial charge in [0.1, 0.15) is 0 Å². The average molecular weight is 298 g/mol. The molecule has 114 valence electrons. The van der Waals surface area contributed by atoms with E-state index in [-0.39, 0.29) is 17.0 Å². The van der Waals surface area contributed by atoms with Crippen LogP contribution in [0.1, 0.15) is 20.7 Å². The van der Waals surface area contributed by atoms with Gasteiger partial charge in [-0.2, -0.15) is 0 Å². The molecule has 2 aromatic carbocycles. The van der Waals surface area contributed by atoms with E-state index in [2.05, 4.69) is 5.32 Å². The zero-order valence-electron chi connectivity index (χ0n) is 12.8. The van der Waals surface area contributed by atoms with E-state index in [0.29, 0.717) is 5.69 Å². The van der Waals surface area contributed by atoms with Gasteiger partial charge in [-0.1, -0.05) is 18.2 Å². The zero-order valence-corrected chi connectivity index (χ0v) is 12.8. The molecule has 0 saturated heterocycles. The lowest BCUT2D eigenvalue weighted by molar-refractivity contribution is 0.0597. The van der Waals surface area contributed by atoms with Crippen LogP contribution < -0.4 is 10.2 Å². The third-order valence-corrected chi connectivity index (χ3v) is 3.20. The number of hydrogen-bond donors (Lipinski definition) is 1. The van der Waals surface area contributed by atoms with E-state index >= 15 is 0 Å². The summed E-state index contributed by atoms with van der Waals surface area (Å²) in [4.78, 5) is 26.1. The van der Waals surface area contributed by atoms with Gasteiger partial charge in [0, 0.05) is 25.5 Å². The van der Waals surface area contributed by atoms with Crippen LogP contribution in [0.5, 0.6) is 0 Å². The van der Waals surface area contributed by atoms with Gasteiger partial charge in [0.05, 0.1) is 18.2 Å². The molecule has 0 bridgehead atoms. The van der Waals surface area contributed by atoms with E-state index in [9.17, 15) is 9.59 Å². The van der Waals surface area contributed by atoms with Crippen LogP contribution in [0.4, 0.5) is 11.4 Å². The number of rotatable bonds is 4. The number of carbonyl (C=O) groups excluding carboxylic acids is 2. The summed E-state index contributed by atoms with van der Waals surface area (Å²) >= 11 is 0. The molecule has 0 aliphatic rings. The van der Waals surface area contributed by atoms with Gasteiger partial charge in [0.15, 0.2) is 0 Å². The number of amides is 1. The van der Waals surface area contributed by atoms with Crippen molar-refractivity contribution in [1.82, 2.24) is 0 Å². The molecule has 0 saturated carbocycles. The van der Waals surface area contributed by atoms with E-state index in [0.717, 1.165) is 5.69 Å². The summed E-state index contributed by atoms with van der Waals surface area (Å²) in [5.41, 5.74) is 2.16. The molecule has 5 nitrogen and oxygen atoms in total.